The van der Waals surface area contributed by atoms with Gasteiger partial charge in [0.25, 0.3) is 0 Å². The number of nitrogen functional groups attached to an aromatic ring is 1. The van der Waals surface area contributed by atoms with Gasteiger partial charge < -0.3 is 10.6 Å². The predicted octanol–water partition coefficient (Wildman–Crippen LogP) is 1.68. The number of likely N-dealkylation sites (N-methyl/N-ethyl adjacent to an activating group) is 1. The van der Waals surface area contributed by atoms with E-state index in [4.69, 9.17) is 5.73 Å². The minimum absolute atomic E-state index is 0.800. The summed E-state index contributed by atoms with van der Waals surface area (Å²) >= 11 is 0. The molecule has 1 aromatic carbocycles. The Labute approximate surface area is 102 Å². The summed E-state index contributed by atoms with van der Waals surface area (Å²) in [6.07, 6.45) is 2.82. The summed E-state index contributed by atoms with van der Waals surface area (Å²) in [6, 6.07) is 9.99. The molecule has 4 nitrogen and oxygen atoms in total. The number of nitrogens with zero attached hydrogens (tertiary/aromatic N) is 3. The summed E-state index contributed by atoms with van der Waals surface area (Å²) in [4.78, 5) is 2.21. The normalized spacial score (nSPS) is 10.5. The van der Waals surface area contributed by atoms with Crippen molar-refractivity contribution in [2.24, 2.45) is 7.05 Å². The van der Waals surface area contributed by atoms with Crippen LogP contribution in [0.2, 0.25) is 0 Å². The summed E-state index contributed by atoms with van der Waals surface area (Å²) in [7, 11) is 4.06. The van der Waals surface area contributed by atoms with Gasteiger partial charge >= 0.3 is 0 Å². The second-order valence-corrected chi connectivity index (χ2v) is 4.21. The molecule has 0 amide bonds. The molecule has 1 heterocycles. The van der Waals surface area contributed by atoms with Crippen molar-refractivity contribution in [1.82, 2.24) is 9.78 Å². The molecular weight excluding hydrogens is 212 g/mol. The van der Waals surface area contributed by atoms with E-state index in [0.717, 1.165) is 18.7 Å². The van der Waals surface area contributed by atoms with Crippen molar-refractivity contribution in [1.29, 1.82) is 0 Å². The molecule has 0 atom stereocenters. The monoisotopic (exact) mass is 230 g/mol. The van der Waals surface area contributed by atoms with E-state index in [1.54, 1.807) is 0 Å². The number of rotatable bonds is 4. The number of hydrogen-bond acceptors (Lipinski definition) is 3. The van der Waals surface area contributed by atoms with Crippen molar-refractivity contribution in [3.05, 3.63) is 42.2 Å². The third-order valence-corrected chi connectivity index (χ3v) is 2.96. The van der Waals surface area contributed by atoms with E-state index >= 15 is 0 Å². The van der Waals surface area contributed by atoms with Crippen molar-refractivity contribution >= 4 is 11.4 Å². The number of aromatic nitrogens is 2. The van der Waals surface area contributed by atoms with Gasteiger partial charge in [-0.1, -0.05) is 0 Å². The molecule has 0 radical (unpaired) electrons. The van der Waals surface area contributed by atoms with Crippen LogP contribution in [0.15, 0.2) is 36.5 Å². The molecule has 0 spiro atoms. The van der Waals surface area contributed by atoms with Crippen LogP contribution in [0.4, 0.5) is 11.4 Å². The molecule has 2 N–H and O–H groups in total. The maximum absolute atomic E-state index is 5.67. The minimum Gasteiger partial charge on any atom is -0.399 e. The third-order valence-electron chi connectivity index (χ3n) is 2.96. The second kappa shape index (κ2) is 4.91. The molecule has 2 aromatic rings. The van der Waals surface area contributed by atoms with Crippen LogP contribution in [-0.4, -0.2) is 23.4 Å². The van der Waals surface area contributed by atoms with Gasteiger partial charge in [0.15, 0.2) is 0 Å². The van der Waals surface area contributed by atoms with E-state index in [1.807, 2.05) is 42.2 Å². The van der Waals surface area contributed by atoms with E-state index in [0.29, 0.717) is 0 Å². The zero-order chi connectivity index (χ0) is 12.3. The van der Waals surface area contributed by atoms with Crippen molar-refractivity contribution < 1.29 is 0 Å². The van der Waals surface area contributed by atoms with Crippen LogP contribution in [-0.2, 0) is 13.5 Å². The first-order chi connectivity index (χ1) is 8.16. The molecule has 0 unspecified atom stereocenters. The standard InChI is InChI=1S/C13H18N4/c1-16(12-5-3-11(14)4-6-12)10-8-13-7-9-15-17(13)2/h3-7,9H,8,10,14H2,1-2H3. The van der Waals surface area contributed by atoms with Gasteiger partial charge in [0, 0.05) is 50.3 Å². The Kier molecular flexibility index (Phi) is 3.32. The second-order valence-electron chi connectivity index (χ2n) is 4.21. The van der Waals surface area contributed by atoms with Crippen LogP contribution in [0.25, 0.3) is 0 Å². The number of hydrogen-bond donors (Lipinski definition) is 1. The Morgan fingerprint density at radius 1 is 1.24 bits per heavy atom. The van der Waals surface area contributed by atoms with E-state index < -0.39 is 0 Å². The van der Waals surface area contributed by atoms with Gasteiger partial charge in [-0.2, -0.15) is 5.10 Å². The van der Waals surface area contributed by atoms with Crippen molar-refractivity contribution in [2.75, 3.05) is 24.2 Å². The number of aryl methyl sites for hydroxylation is 1. The van der Waals surface area contributed by atoms with Crippen LogP contribution in [0.1, 0.15) is 5.69 Å². The molecule has 0 saturated carbocycles. The zero-order valence-corrected chi connectivity index (χ0v) is 10.3. The molecule has 0 bridgehead atoms. The molecule has 90 valence electrons. The number of anilines is 2. The lowest BCUT2D eigenvalue weighted by atomic mass is 10.2. The fourth-order valence-electron chi connectivity index (χ4n) is 1.79. The summed E-state index contributed by atoms with van der Waals surface area (Å²) in [5.41, 5.74) is 8.89. The topological polar surface area (TPSA) is 47.1 Å². The van der Waals surface area contributed by atoms with Crippen LogP contribution in [0, 0.1) is 0 Å². The Morgan fingerprint density at radius 3 is 2.53 bits per heavy atom. The third kappa shape index (κ3) is 2.78. The first kappa shape index (κ1) is 11.5. The van der Waals surface area contributed by atoms with E-state index in [-0.39, 0.29) is 0 Å². The lowest BCUT2D eigenvalue weighted by Gasteiger charge is -2.19. The molecular formula is C13H18N4. The van der Waals surface area contributed by atoms with Crippen molar-refractivity contribution in [3.63, 3.8) is 0 Å². The molecule has 17 heavy (non-hydrogen) atoms. The van der Waals surface area contributed by atoms with Gasteiger partial charge in [-0.15, -0.1) is 0 Å². The first-order valence-corrected chi connectivity index (χ1v) is 5.70. The molecule has 0 saturated heterocycles. The molecule has 0 aliphatic carbocycles. The molecule has 2 rings (SSSR count). The lowest BCUT2D eigenvalue weighted by Crippen LogP contribution is -2.21. The van der Waals surface area contributed by atoms with Crippen LogP contribution in [0.3, 0.4) is 0 Å². The average molecular weight is 230 g/mol. The summed E-state index contributed by atoms with van der Waals surface area (Å²) < 4.78 is 1.91. The van der Waals surface area contributed by atoms with Crippen molar-refractivity contribution in [3.8, 4) is 0 Å². The fourth-order valence-corrected chi connectivity index (χ4v) is 1.79. The molecule has 1 aromatic heterocycles. The number of benzene rings is 1. The van der Waals surface area contributed by atoms with Crippen LogP contribution in [0.5, 0.6) is 0 Å². The quantitative estimate of drug-likeness (QED) is 0.813. The van der Waals surface area contributed by atoms with Gasteiger partial charge in [0.2, 0.25) is 0 Å². The Balaban J connectivity index is 1.95. The minimum atomic E-state index is 0.800. The highest BCUT2D eigenvalue weighted by atomic mass is 15.3. The van der Waals surface area contributed by atoms with Crippen LogP contribution < -0.4 is 10.6 Å². The highest BCUT2D eigenvalue weighted by Gasteiger charge is 2.03. The highest BCUT2D eigenvalue weighted by Crippen LogP contribution is 2.15. The van der Waals surface area contributed by atoms with E-state index in [1.165, 1.54) is 11.4 Å². The molecule has 0 aliphatic rings. The highest BCUT2D eigenvalue weighted by molar-refractivity contribution is 5.52. The van der Waals surface area contributed by atoms with E-state index in [2.05, 4.69) is 23.1 Å². The first-order valence-electron chi connectivity index (χ1n) is 5.70. The maximum Gasteiger partial charge on any atom is 0.0492 e. The van der Waals surface area contributed by atoms with Crippen LogP contribution >= 0.6 is 0 Å². The maximum atomic E-state index is 5.67. The fraction of sp³-hybridized carbons (Fsp3) is 0.308. The largest absolute Gasteiger partial charge is 0.399 e. The molecule has 0 fully saturated rings. The van der Waals surface area contributed by atoms with Gasteiger partial charge in [0.05, 0.1) is 0 Å². The van der Waals surface area contributed by atoms with Gasteiger partial charge in [-0.3, -0.25) is 4.68 Å². The smallest absolute Gasteiger partial charge is 0.0492 e. The summed E-state index contributed by atoms with van der Waals surface area (Å²) in [5, 5.41) is 4.16. The number of nitrogens with two attached hydrogens (primary N) is 1. The molecule has 4 heteroatoms. The SMILES string of the molecule is CN(CCc1ccnn1C)c1ccc(N)cc1. The average Bonchev–Trinajstić information content (AvgIpc) is 2.73. The summed E-state index contributed by atoms with van der Waals surface area (Å²) in [5.74, 6) is 0. The van der Waals surface area contributed by atoms with Gasteiger partial charge in [-0.05, 0) is 30.3 Å². The Morgan fingerprint density at radius 2 is 1.94 bits per heavy atom. The van der Waals surface area contributed by atoms with E-state index in [9.17, 15) is 0 Å². The van der Waals surface area contributed by atoms with Crippen molar-refractivity contribution in [2.45, 2.75) is 6.42 Å². The summed E-state index contributed by atoms with van der Waals surface area (Å²) in [6.45, 7) is 0.962. The molecule has 0 aliphatic heterocycles. The Bertz CT molecular complexity index is 472. The van der Waals surface area contributed by atoms with Gasteiger partial charge in [0.1, 0.15) is 0 Å². The lowest BCUT2D eigenvalue weighted by molar-refractivity contribution is 0.699. The predicted molar refractivity (Wildman–Crippen MR) is 71.0 cm³/mol. The Hall–Kier alpha value is -1.97. The van der Waals surface area contributed by atoms with Gasteiger partial charge in [-0.25, -0.2) is 0 Å². The zero-order valence-electron chi connectivity index (χ0n) is 10.3.